The van der Waals surface area contributed by atoms with Crippen molar-refractivity contribution in [2.45, 2.75) is 45.3 Å². The molecule has 17 heavy (non-hydrogen) atoms. The summed E-state index contributed by atoms with van der Waals surface area (Å²) in [6.07, 6.45) is 5.50. The standard InChI is InChI=1S/C15H22OSi/c1-4-17(5-2,6-3)16-15-11-10-13-8-7-9-14(13)12-15/h7,9-12H,4-6,8H2,1-3H3. The second kappa shape index (κ2) is 5.09. The summed E-state index contributed by atoms with van der Waals surface area (Å²) in [5, 5.41) is 0. The molecule has 0 N–H and O–H groups in total. The Morgan fingerprint density at radius 3 is 2.47 bits per heavy atom. The van der Waals surface area contributed by atoms with Crippen LogP contribution in [0, 0.1) is 0 Å². The fourth-order valence-corrected chi connectivity index (χ4v) is 5.07. The number of hydrogen-bond acceptors (Lipinski definition) is 1. The van der Waals surface area contributed by atoms with E-state index in [1.54, 1.807) is 0 Å². The van der Waals surface area contributed by atoms with Crippen LogP contribution < -0.4 is 4.43 Å². The Morgan fingerprint density at radius 1 is 1.12 bits per heavy atom. The smallest absolute Gasteiger partial charge is 0.250 e. The SMILES string of the molecule is CC[Si](CC)(CC)Oc1ccc2c(c1)C=CC2. The fourth-order valence-electron chi connectivity index (χ4n) is 2.51. The summed E-state index contributed by atoms with van der Waals surface area (Å²) >= 11 is 0. The lowest BCUT2D eigenvalue weighted by Crippen LogP contribution is -2.39. The van der Waals surface area contributed by atoms with Gasteiger partial charge in [-0.2, -0.15) is 0 Å². The van der Waals surface area contributed by atoms with Gasteiger partial charge in [0.2, 0.25) is 8.32 Å². The van der Waals surface area contributed by atoms with Crippen molar-refractivity contribution < 1.29 is 4.43 Å². The van der Waals surface area contributed by atoms with Crippen molar-refractivity contribution in [1.29, 1.82) is 0 Å². The monoisotopic (exact) mass is 246 g/mol. The first-order valence-corrected chi connectivity index (χ1v) is 9.24. The van der Waals surface area contributed by atoms with Crippen LogP contribution in [0.15, 0.2) is 24.3 Å². The van der Waals surface area contributed by atoms with Crippen molar-refractivity contribution >= 4 is 14.4 Å². The van der Waals surface area contributed by atoms with Crippen LogP contribution in [0.25, 0.3) is 6.08 Å². The molecule has 1 aromatic carbocycles. The zero-order chi connectivity index (χ0) is 12.3. The predicted molar refractivity (Wildman–Crippen MR) is 77.0 cm³/mol. The van der Waals surface area contributed by atoms with Crippen LogP contribution in [-0.4, -0.2) is 8.32 Å². The van der Waals surface area contributed by atoms with E-state index in [2.05, 4.69) is 51.1 Å². The van der Waals surface area contributed by atoms with Gasteiger partial charge in [-0.05, 0) is 47.8 Å². The minimum Gasteiger partial charge on any atom is -0.543 e. The number of rotatable bonds is 5. The van der Waals surface area contributed by atoms with Crippen molar-refractivity contribution in [3.63, 3.8) is 0 Å². The zero-order valence-corrected chi connectivity index (χ0v) is 12.1. The largest absolute Gasteiger partial charge is 0.543 e. The quantitative estimate of drug-likeness (QED) is 0.688. The first kappa shape index (κ1) is 12.4. The topological polar surface area (TPSA) is 9.23 Å². The van der Waals surface area contributed by atoms with Crippen molar-refractivity contribution in [2.75, 3.05) is 0 Å². The summed E-state index contributed by atoms with van der Waals surface area (Å²) in [5.74, 6) is 1.08. The number of hydrogen-bond donors (Lipinski definition) is 0. The Balaban J connectivity index is 2.20. The second-order valence-corrected chi connectivity index (χ2v) is 9.50. The van der Waals surface area contributed by atoms with Gasteiger partial charge < -0.3 is 4.43 Å². The Morgan fingerprint density at radius 2 is 1.82 bits per heavy atom. The molecule has 0 aliphatic heterocycles. The third kappa shape index (κ3) is 2.47. The molecule has 1 aliphatic carbocycles. The molecule has 1 aliphatic rings. The highest BCUT2D eigenvalue weighted by Crippen LogP contribution is 2.29. The highest BCUT2D eigenvalue weighted by molar-refractivity contribution is 6.74. The predicted octanol–water partition coefficient (Wildman–Crippen LogP) is 4.64. The average Bonchev–Trinajstić information content (AvgIpc) is 2.83. The van der Waals surface area contributed by atoms with E-state index >= 15 is 0 Å². The minimum atomic E-state index is -1.51. The van der Waals surface area contributed by atoms with Crippen LogP contribution >= 0.6 is 0 Å². The van der Waals surface area contributed by atoms with Gasteiger partial charge in [0.25, 0.3) is 0 Å². The van der Waals surface area contributed by atoms with Gasteiger partial charge in [-0.25, -0.2) is 0 Å². The van der Waals surface area contributed by atoms with Crippen LogP contribution in [0.2, 0.25) is 18.1 Å². The van der Waals surface area contributed by atoms with Gasteiger partial charge in [0.05, 0.1) is 0 Å². The Bertz CT molecular complexity index is 411. The summed E-state index contributed by atoms with van der Waals surface area (Å²) < 4.78 is 6.38. The zero-order valence-electron chi connectivity index (χ0n) is 11.1. The highest BCUT2D eigenvalue weighted by atomic mass is 28.4. The first-order valence-electron chi connectivity index (χ1n) is 6.71. The summed E-state index contributed by atoms with van der Waals surface area (Å²) in [6.45, 7) is 6.81. The van der Waals surface area contributed by atoms with Crippen molar-refractivity contribution in [1.82, 2.24) is 0 Å². The molecule has 0 radical (unpaired) electrons. The van der Waals surface area contributed by atoms with E-state index < -0.39 is 8.32 Å². The fraction of sp³-hybridized carbons (Fsp3) is 0.467. The third-order valence-corrected chi connectivity index (χ3v) is 8.55. The molecule has 0 saturated carbocycles. The van der Waals surface area contributed by atoms with Crippen LogP contribution in [0.4, 0.5) is 0 Å². The summed E-state index contributed by atoms with van der Waals surface area (Å²) in [6, 6.07) is 10.2. The summed E-state index contributed by atoms with van der Waals surface area (Å²) in [5.41, 5.74) is 2.77. The molecule has 0 heterocycles. The van der Waals surface area contributed by atoms with E-state index in [0.717, 1.165) is 12.2 Å². The minimum absolute atomic E-state index is 1.08. The van der Waals surface area contributed by atoms with Gasteiger partial charge in [-0.15, -0.1) is 0 Å². The van der Waals surface area contributed by atoms with Gasteiger partial charge in [0.15, 0.2) is 0 Å². The number of benzene rings is 1. The van der Waals surface area contributed by atoms with E-state index in [4.69, 9.17) is 4.43 Å². The molecule has 0 bridgehead atoms. The van der Waals surface area contributed by atoms with Crippen molar-refractivity contribution in [3.05, 3.63) is 35.4 Å². The lowest BCUT2D eigenvalue weighted by molar-refractivity contribution is 0.532. The number of allylic oxidation sites excluding steroid dienone is 1. The Hall–Kier alpha value is -1.02. The lowest BCUT2D eigenvalue weighted by Gasteiger charge is -2.29. The van der Waals surface area contributed by atoms with Crippen LogP contribution in [-0.2, 0) is 6.42 Å². The summed E-state index contributed by atoms with van der Waals surface area (Å²) in [7, 11) is -1.51. The van der Waals surface area contributed by atoms with Gasteiger partial charge >= 0.3 is 0 Å². The molecule has 1 aromatic rings. The molecule has 0 saturated heterocycles. The second-order valence-electron chi connectivity index (χ2n) is 4.81. The molecule has 0 fully saturated rings. The maximum Gasteiger partial charge on any atom is 0.250 e. The van der Waals surface area contributed by atoms with E-state index in [9.17, 15) is 0 Å². The Labute approximate surface area is 106 Å². The van der Waals surface area contributed by atoms with Crippen molar-refractivity contribution in [3.8, 4) is 5.75 Å². The van der Waals surface area contributed by atoms with Gasteiger partial charge in [0, 0.05) is 0 Å². The van der Waals surface area contributed by atoms with E-state index in [-0.39, 0.29) is 0 Å². The molecule has 0 spiro atoms. The van der Waals surface area contributed by atoms with Gasteiger partial charge in [0.1, 0.15) is 5.75 Å². The maximum atomic E-state index is 6.38. The third-order valence-electron chi connectivity index (χ3n) is 4.02. The lowest BCUT2D eigenvalue weighted by atomic mass is 10.1. The van der Waals surface area contributed by atoms with Crippen LogP contribution in [0.1, 0.15) is 31.9 Å². The molecule has 2 rings (SSSR count). The molecular formula is C15H22OSi. The molecule has 0 aromatic heterocycles. The molecule has 2 heteroatoms. The maximum absolute atomic E-state index is 6.38. The summed E-state index contributed by atoms with van der Waals surface area (Å²) in [4.78, 5) is 0. The first-order chi connectivity index (χ1) is 8.23. The average molecular weight is 246 g/mol. The molecule has 0 amide bonds. The van der Waals surface area contributed by atoms with Crippen LogP contribution in [0.5, 0.6) is 5.75 Å². The molecular weight excluding hydrogens is 224 g/mol. The van der Waals surface area contributed by atoms with E-state index in [1.165, 1.54) is 29.3 Å². The highest BCUT2D eigenvalue weighted by Gasteiger charge is 2.30. The molecule has 1 nitrogen and oxygen atoms in total. The Kier molecular flexibility index (Phi) is 3.72. The van der Waals surface area contributed by atoms with E-state index in [0.29, 0.717) is 0 Å². The number of fused-ring (bicyclic) bond motifs is 1. The van der Waals surface area contributed by atoms with Gasteiger partial charge in [-0.1, -0.05) is 39.0 Å². The molecule has 0 unspecified atom stereocenters. The molecule has 92 valence electrons. The van der Waals surface area contributed by atoms with Crippen molar-refractivity contribution in [2.24, 2.45) is 0 Å². The van der Waals surface area contributed by atoms with Gasteiger partial charge in [-0.3, -0.25) is 0 Å². The molecule has 0 atom stereocenters. The van der Waals surface area contributed by atoms with Crippen LogP contribution in [0.3, 0.4) is 0 Å². The normalized spacial score (nSPS) is 13.8. The van der Waals surface area contributed by atoms with E-state index in [1.807, 2.05) is 0 Å².